The molecule has 0 spiro atoms. The van der Waals surface area contributed by atoms with Crippen LogP contribution >= 0.6 is 22.7 Å². The van der Waals surface area contributed by atoms with Crippen molar-refractivity contribution < 1.29 is 13.7 Å². The lowest BCUT2D eigenvalue weighted by atomic mass is 9.82. The summed E-state index contributed by atoms with van der Waals surface area (Å²) in [5.74, 6) is 1.33. The van der Waals surface area contributed by atoms with Gasteiger partial charge in [0.05, 0.1) is 35.8 Å². The molecule has 6 heterocycles. The zero-order valence-corrected chi connectivity index (χ0v) is 65.9. The number of hydrogen-bond acceptors (Lipinski definition) is 8. The van der Waals surface area contributed by atoms with E-state index in [1.54, 1.807) is 22.7 Å². The van der Waals surface area contributed by atoms with E-state index in [-0.39, 0.29) is 57.8 Å². The van der Waals surface area contributed by atoms with Gasteiger partial charge in [-0.15, -0.1) is 22.7 Å². The van der Waals surface area contributed by atoms with E-state index in [0.29, 0.717) is 23.3 Å². The fourth-order valence-corrected chi connectivity index (χ4v) is 20.6. The zero-order chi connectivity index (χ0) is 87.2. The third-order valence-electron chi connectivity index (χ3n) is 23.9. The molecule has 0 aliphatic heterocycles. The molecule has 0 N–H and O–H groups in total. The van der Waals surface area contributed by atoms with Crippen LogP contribution in [0.5, 0.6) is 0 Å². The molecule has 0 bridgehead atoms. The molecule has 0 atom stereocenters. The Morgan fingerprint density at radius 3 is 1.04 bits per heavy atom. The van der Waals surface area contributed by atoms with Crippen molar-refractivity contribution >= 4 is 107 Å². The molecule has 0 saturated carbocycles. The summed E-state index contributed by atoms with van der Waals surface area (Å²) in [7, 11) is 0. The fourth-order valence-electron chi connectivity index (χ4n) is 18.2. The van der Waals surface area contributed by atoms with Crippen LogP contribution in [0.2, 0.25) is 0 Å². The number of thiophene rings is 2. The van der Waals surface area contributed by atoms with Crippen LogP contribution < -0.4 is 0 Å². The highest BCUT2D eigenvalue weighted by molar-refractivity contribution is 7.26. The molecule has 24 rings (SSSR count). The Kier molecular flexibility index (Phi) is 13.6. The molecule has 0 unspecified atom stereocenters. The summed E-state index contributed by atoms with van der Waals surface area (Å²) in [6, 6.07) is 102. The second kappa shape index (κ2) is 27.1. The van der Waals surface area contributed by atoms with E-state index in [1.807, 2.05) is 24.3 Å². The van der Waals surface area contributed by atoms with Gasteiger partial charge in [0.1, 0.15) is 0 Å². The monoisotopic (exact) mass is 1550 g/mol. The van der Waals surface area contributed by atoms with Crippen molar-refractivity contribution in [3.05, 3.63) is 386 Å². The predicted molar refractivity (Wildman–Crippen MR) is 493 cm³/mol. The topological polar surface area (TPSA) is 87.2 Å². The number of fused-ring (bicyclic) bond motifs is 18. The second-order valence-electron chi connectivity index (χ2n) is 31.3. The molecule has 0 saturated heterocycles. The quantitative estimate of drug-likeness (QED) is 0.136. The third kappa shape index (κ3) is 11.2. The van der Waals surface area contributed by atoms with Crippen LogP contribution in [0.4, 0.5) is 0 Å². The molecule has 6 aromatic heterocycles. The molecular formula is C108H72N8S2. The van der Waals surface area contributed by atoms with Crippen molar-refractivity contribution in [3.8, 4) is 124 Å². The van der Waals surface area contributed by atoms with Gasteiger partial charge < -0.3 is 9.13 Å². The average molecular weight is 1560 g/mol. The molecule has 22 aromatic rings. The predicted octanol–water partition coefficient (Wildman–Crippen LogP) is 28.6. The van der Waals surface area contributed by atoms with Gasteiger partial charge in [-0.25, -0.2) is 29.9 Å². The molecule has 118 heavy (non-hydrogen) atoms. The van der Waals surface area contributed by atoms with Crippen LogP contribution in [-0.2, 0) is 10.8 Å². The van der Waals surface area contributed by atoms with Gasteiger partial charge in [0, 0.05) is 117 Å². The number of aromatic nitrogens is 8. The van der Waals surface area contributed by atoms with Gasteiger partial charge in [-0.05, 0) is 152 Å². The van der Waals surface area contributed by atoms with E-state index < -0.39 is 36.3 Å². The minimum atomic E-state index is -0.478. The van der Waals surface area contributed by atoms with Crippen molar-refractivity contribution in [2.45, 2.75) is 38.5 Å². The Morgan fingerprint density at radius 1 is 0.237 bits per heavy atom. The van der Waals surface area contributed by atoms with Crippen molar-refractivity contribution in [1.29, 1.82) is 0 Å². The zero-order valence-electron chi connectivity index (χ0n) is 74.3. The number of nitrogens with zero attached hydrogens (tertiary/aromatic N) is 8. The van der Waals surface area contributed by atoms with Crippen LogP contribution in [0.3, 0.4) is 0 Å². The van der Waals surface area contributed by atoms with Crippen molar-refractivity contribution in [2.75, 3.05) is 0 Å². The van der Waals surface area contributed by atoms with Crippen molar-refractivity contribution in [3.63, 3.8) is 0 Å². The molecule has 556 valence electrons. The number of para-hydroxylation sites is 4. The first kappa shape index (κ1) is 59.3. The minimum absolute atomic E-state index is 0.00104. The summed E-state index contributed by atoms with van der Waals surface area (Å²) >= 11 is 3.31. The Labute approximate surface area is 703 Å². The Hall–Kier alpha value is -14.4. The van der Waals surface area contributed by atoms with Crippen LogP contribution in [-0.4, -0.2) is 39.0 Å². The average Bonchev–Trinajstić information content (AvgIpc) is 1.55. The van der Waals surface area contributed by atoms with Gasteiger partial charge in [-0.2, -0.15) is 0 Å². The van der Waals surface area contributed by atoms with Crippen LogP contribution in [0.15, 0.2) is 364 Å². The smallest absolute Gasteiger partial charge is 0.165 e. The van der Waals surface area contributed by atoms with Crippen LogP contribution in [0, 0.1) is 0 Å². The minimum Gasteiger partial charge on any atom is -0.309 e. The van der Waals surface area contributed by atoms with E-state index in [9.17, 15) is 0 Å². The number of rotatable bonds is 10. The molecular weight excluding hydrogens is 1470 g/mol. The largest absolute Gasteiger partial charge is 0.309 e. The second-order valence-corrected chi connectivity index (χ2v) is 33.4. The molecule has 0 amide bonds. The summed E-state index contributed by atoms with van der Waals surface area (Å²) in [5, 5.41) is 8.76. The first-order valence-electron chi connectivity index (χ1n) is 44.4. The fraction of sp³-hybridized carbons (Fsp3) is 0.0556. The van der Waals surface area contributed by atoms with E-state index in [0.717, 1.165) is 162 Å². The standard InChI is InChI=1S/2C54H36N4S/c1-54(2)45-22-12-9-19-38(45)39-27-25-36(30-46(39)54)52-55-51(34-17-7-4-8-18-34)56-53(57-52)44-32-37(58-47-23-13-10-20-40(47)41-21-11-14-24-48(41)58)31-43-42-29-35(33-15-5-3-6-16-33)26-28-49(42)59-50(43)44;1-54(2)45-22-12-9-19-38(45)41-30-36(25-27-46(41)54)52-55-51(34-17-7-4-8-18-34)56-53(57-52)44-32-37(58-47-23-13-10-20-39(47)40-21-11-14-24-48(40)58)31-43-42-29-35(33-15-5-3-6-16-33)26-28-49(42)59-50(43)44/h2*3-32H,1-2H3/i2*4D,7D,8D,17D,18D. The Balaban J connectivity index is 0.000000146. The van der Waals surface area contributed by atoms with Gasteiger partial charge in [0.25, 0.3) is 0 Å². The molecule has 0 fully saturated rings. The first-order chi connectivity index (χ1) is 62.1. The van der Waals surface area contributed by atoms with E-state index >= 15 is 0 Å². The molecule has 0 radical (unpaired) electrons. The van der Waals surface area contributed by atoms with E-state index in [1.165, 1.54) is 22.3 Å². The highest BCUT2D eigenvalue weighted by Crippen LogP contribution is 2.53. The normalized spacial score (nSPS) is 14.2. The van der Waals surface area contributed by atoms with Gasteiger partial charge in [-0.1, -0.05) is 307 Å². The maximum absolute atomic E-state index is 9.05. The summed E-state index contributed by atoms with van der Waals surface area (Å²) in [5.41, 5.74) is 22.1. The third-order valence-corrected chi connectivity index (χ3v) is 26.3. The van der Waals surface area contributed by atoms with Crippen LogP contribution in [0.25, 0.3) is 208 Å². The lowest BCUT2D eigenvalue weighted by Crippen LogP contribution is -2.15. The SMILES string of the molecule is [2H]c1c([2H])c([2H])c(-c2nc(-c3ccc4c(c3)-c3ccccc3C4(C)C)nc(-c3cc(-n4c5ccccc5c5ccccc54)cc4c3sc3ccc(-c5ccccc5)cc34)n2)c([2H])c1[2H].[2H]c1c([2H])c([2H])c(-c2nc(-c3ccc4c(c3)C(C)(C)c3ccccc3-4)nc(-c3cc(-n4c5ccccc5c5ccccc54)cc4c3sc3ccc(-c5ccccc5)cc34)n2)c([2H])c1[2H]. The van der Waals surface area contributed by atoms with Gasteiger partial charge in [-0.3, -0.25) is 0 Å². The number of hydrogen-bond donors (Lipinski definition) is 0. The first-order valence-corrected chi connectivity index (χ1v) is 41.0. The summed E-state index contributed by atoms with van der Waals surface area (Å²) in [6.45, 7) is 8.91. The van der Waals surface area contributed by atoms with E-state index in [2.05, 4.69) is 316 Å². The molecule has 2 aliphatic rings. The Morgan fingerprint density at radius 2 is 0.585 bits per heavy atom. The van der Waals surface area contributed by atoms with Crippen molar-refractivity contribution in [2.24, 2.45) is 0 Å². The summed E-state index contributed by atoms with van der Waals surface area (Å²) in [6.07, 6.45) is 0. The molecule has 8 nitrogen and oxygen atoms in total. The lowest BCUT2D eigenvalue weighted by molar-refractivity contribution is 0.660. The van der Waals surface area contributed by atoms with Gasteiger partial charge >= 0.3 is 0 Å². The summed E-state index contributed by atoms with van der Waals surface area (Å²) in [4.78, 5) is 30.8. The number of benzene rings is 16. The molecule has 10 heteroatoms. The van der Waals surface area contributed by atoms with Gasteiger partial charge in [0.15, 0.2) is 34.9 Å². The van der Waals surface area contributed by atoms with Crippen LogP contribution in [0.1, 0.15) is 63.7 Å². The maximum Gasteiger partial charge on any atom is 0.165 e. The lowest BCUT2D eigenvalue weighted by Gasteiger charge is -2.21. The highest BCUT2D eigenvalue weighted by atomic mass is 32.1. The Bertz CT molecular complexity index is 8390. The van der Waals surface area contributed by atoms with Crippen molar-refractivity contribution in [1.82, 2.24) is 39.0 Å². The summed E-state index contributed by atoms with van der Waals surface area (Å²) < 4.78 is 96.1. The highest BCUT2D eigenvalue weighted by Gasteiger charge is 2.38. The van der Waals surface area contributed by atoms with Gasteiger partial charge in [0.2, 0.25) is 0 Å². The molecule has 2 aliphatic carbocycles. The van der Waals surface area contributed by atoms with E-state index in [4.69, 9.17) is 43.6 Å². The molecule has 16 aromatic carbocycles. The maximum atomic E-state index is 9.05.